The second-order valence-electron chi connectivity index (χ2n) is 6.97. The summed E-state index contributed by atoms with van der Waals surface area (Å²) < 4.78 is 34.7. The molecule has 0 fully saturated rings. The van der Waals surface area contributed by atoms with Crippen molar-refractivity contribution in [2.45, 2.75) is 18.7 Å². The molecule has 33 heavy (non-hydrogen) atoms. The highest BCUT2D eigenvalue weighted by Gasteiger charge is 2.29. The minimum absolute atomic E-state index is 0.0719. The Kier molecular flexibility index (Phi) is 8.45. The summed E-state index contributed by atoms with van der Waals surface area (Å²) in [5, 5.41) is 4.16. The van der Waals surface area contributed by atoms with Crippen LogP contribution in [0.2, 0.25) is 0 Å². The number of benzene rings is 3. The molecule has 9 heteroatoms. The van der Waals surface area contributed by atoms with Gasteiger partial charge in [-0.25, -0.2) is 13.8 Å². The largest absolute Gasteiger partial charge is 0.492 e. The Hall–Kier alpha value is -2.92. The molecule has 3 rings (SSSR count). The molecule has 0 aliphatic heterocycles. The summed E-state index contributed by atoms with van der Waals surface area (Å²) in [6.07, 6.45) is 0. The van der Waals surface area contributed by atoms with Gasteiger partial charge in [-0.05, 0) is 78.4 Å². The minimum Gasteiger partial charge on any atom is -0.492 e. The lowest BCUT2D eigenvalue weighted by Crippen LogP contribution is -2.40. The van der Waals surface area contributed by atoms with Crippen LogP contribution in [0.4, 0.5) is 5.69 Å². The zero-order valence-corrected chi connectivity index (χ0v) is 21.2. The van der Waals surface area contributed by atoms with Gasteiger partial charge in [-0.2, -0.15) is 5.10 Å². The van der Waals surface area contributed by atoms with Gasteiger partial charge in [0.1, 0.15) is 12.3 Å². The molecule has 0 radical (unpaired) electrons. The normalized spacial score (nSPS) is 11.7. The Bertz CT molecular complexity index is 1250. The molecule has 0 spiro atoms. The number of carbonyl (C=O) groups excluding carboxylic acids is 1. The molecule has 3 aromatic rings. The molecular weight excluding hydrogens is 553 g/mol. The first-order chi connectivity index (χ1) is 15.8. The van der Waals surface area contributed by atoms with Crippen molar-refractivity contribution in [2.24, 2.45) is 5.10 Å². The maximum Gasteiger partial charge on any atom is 0.264 e. The maximum atomic E-state index is 13.5. The molecule has 7 nitrogen and oxygen atoms in total. The van der Waals surface area contributed by atoms with E-state index in [0.29, 0.717) is 18.1 Å². The van der Waals surface area contributed by atoms with Crippen LogP contribution in [0.5, 0.6) is 5.75 Å². The predicted molar refractivity (Wildman–Crippen MR) is 138 cm³/mol. The van der Waals surface area contributed by atoms with E-state index in [4.69, 9.17) is 4.74 Å². The SMILES string of the molecule is CCOc1ccccc1N(CC(=O)N/N=C(/C)c1cccc(I)c1)S(=O)(=O)c1ccccc1. The van der Waals surface area contributed by atoms with E-state index in [9.17, 15) is 13.2 Å². The van der Waals surface area contributed by atoms with E-state index in [2.05, 4.69) is 33.1 Å². The number of amides is 1. The number of nitrogens with zero attached hydrogens (tertiary/aromatic N) is 2. The number of sulfonamides is 1. The molecule has 1 amide bonds. The number of hydrogen-bond donors (Lipinski definition) is 1. The van der Waals surface area contributed by atoms with E-state index in [1.807, 2.05) is 31.2 Å². The van der Waals surface area contributed by atoms with Gasteiger partial charge < -0.3 is 4.74 Å². The van der Waals surface area contributed by atoms with Crippen LogP contribution in [0.25, 0.3) is 0 Å². The highest BCUT2D eigenvalue weighted by atomic mass is 127. The van der Waals surface area contributed by atoms with Crippen molar-refractivity contribution >= 4 is 49.9 Å². The fourth-order valence-electron chi connectivity index (χ4n) is 3.05. The molecule has 0 saturated heterocycles. The number of nitrogens with one attached hydrogen (secondary N) is 1. The Morgan fingerprint density at radius 2 is 1.73 bits per heavy atom. The summed E-state index contributed by atoms with van der Waals surface area (Å²) in [6, 6.07) is 22.4. The van der Waals surface area contributed by atoms with Crippen LogP contribution < -0.4 is 14.5 Å². The van der Waals surface area contributed by atoms with E-state index in [1.54, 1.807) is 49.4 Å². The minimum atomic E-state index is -4.04. The van der Waals surface area contributed by atoms with Crippen molar-refractivity contribution in [3.63, 3.8) is 0 Å². The zero-order valence-electron chi connectivity index (χ0n) is 18.2. The standard InChI is InChI=1S/C24H24IN3O4S/c1-3-32-23-15-8-7-14-22(23)28(33(30,31)21-12-5-4-6-13-21)17-24(29)27-26-18(2)19-10-9-11-20(25)16-19/h4-16H,3,17H2,1-2H3,(H,27,29)/b26-18-. The second kappa shape index (κ2) is 11.3. The number of hydrogen-bond acceptors (Lipinski definition) is 5. The van der Waals surface area contributed by atoms with Gasteiger partial charge in [-0.15, -0.1) is 0 Å². The summed E-state index contributed by atoms with van der Waals surface area (Å²) in [6.45, 7) is 3.46. The van der Waals surface area contributed by atoms with Crippen LogP contribution in [0, 0.1) is 3.57 Å². The molecule has 0 aliphatic carbocycles. The van der Waals surface area contributed by atoms with Crippen LogP contribution >= 0.6 is 22.6 Å². The van der Waals surface area contributed by atoms with Crippen LogP contribution in [0.3, 0.4) is 0 Å². The average molecular weight is 577 g/mol. The van der Waals surface area contributed by atoms with Crippen molar-refractivity contribution in [3.05, 3.63) is 88.0 Å². The molecule has 0 bridgehead atoms. The average Bonchev–Trinajstić information content (AvgIpc) is 2.82. The molecule has 1 N–H and O–H groups in total. The summed E-state index contributed by atoms with van der Waals surface area (Å²) in [4.78, 5) is 12.9. The summed E-state index contributed by atoms with van der Waals surface area (Å²) in [7, 11) is -4.04. The molecule has 0 atom stereocenters. The Morgan fingerprint density at radius 1 is 1.03 bits per heavy atom. The molecule has 0 aliphatic rings. The van der Waals surface area contributed by atoms with Crippen molar-refractivity contribution in [2.75, 3.05) is 17.5 Å². The number of carbonyl (C=O) groups is 1. The van der Waals surface area contributed by atoms with Crippen LogP contribution in [-0.2, 0) is 14.8 Å². The van der Waals surface area contributed by atoms with Crippen LogP contribution in [-0.4, -0.2) is 33.2 Å². The number of ether oxygens (including phenoxy) is 1. The van der Waals surface area contributed by atoms with E-state index in [0.717, 1.165) is 13.4 Å². The lowest BCUT2D eigenvalue weighted by Gasteiger charge is -2.25. The Morgan fingerprint density at radius 3 is 2.42 bits per heavy atom. The van der Waals surface area contributed by atoms with E-state index < -0.39 is 22.5 Å². The monoisotopic (exact) mass is 577 g/mol. The fourth-order valence-corrected chi connectivity index (χ4v) is 5.05. The fraction of sp³-hybridized carbons (Fsp3) is 0.167. The zero-order chi connectivity index (χ0) is 23.8. The van der Waals surface area contributed by atoms with Gasteiger partial charge in [0.15, 0.2) is 0 Å². The second-order valence-corrected chi connectivity index (χ2v) is 10.1. The summed E-state index contributed by atoms with van der Waals surface area (Å²) in [5.74, 6) is -0.211. The Labute approximate surface area is 207 Å². The molecule has 0 unspecified atom stereocenters. The third-order valence-electron chi connectivity index (χ3n) is 4.64. The van der Waals surface area contributed by atoms with Crippen molar-refractivity contribution in [1.82, 2.24) is 5.43 Å². The van der Waals surface area contributed by atoms with E-state index in [1.165, 1.54) is 12.1 Å². The number of halogens is 1. The van der Waals surface area contributed by atoms with Gasteiger partial charge in [-0.1, -0.05) is 42.5 Å². The van der Waals surface area contributed by atoms with Gasteiger partial charge in [-0.3, -0.25) is 9.10 Å². The molecule has 172 valence electrons. The topological polar surface area (TPSA) is 88.1 Å². The van der Waals surface area contributed by atoms with Crippen molar-refractivity contribution < 1.29 is 17.9 Å². The van der Waals surface area contributed by atoms with Gasteiger partial charge in [0.25, 0.3) is 15.9 Å². The van der Waals surface area contributed by atoms with Gasteiger partial charge >= 0.3 is 0 Å². The molecule has 0 saturated carbocycles. The maximum absolute atomic E-state index is 13.5. The van der Waals surface area contributed by atoms with Crippen molar-refractivity contribution in [3.8, 4) is 5.75 Å². The van der Waals surface area contributed by atoms with Gasteiger partial charge in [0.05, 0.1) is 22.9 Å². The van der Waals surface area contributed by atoms with E-state index >= 15 is 0 Å². The molecular formula is C24H24IN3O4S. The molecule has 3 aromatic carbocycles. The third kappa shape index (κ3) is 6.32. The molecule has 0 heterocycles. The highest BCUT2D eigenvalue weighted by molar-refractivity contribution is 14.1. The van der Waals surface area contributed by atoms with E-state index in [-0.39, 0.29) is 10.6 Å². The first-order valence-corrected chi connectivity index (χ1v) is 12.7. The number of anilines is 1. The van der Waals surface area contributed by atoms with Crippen LogP contribution in [0.1, 0.15) is 19.4 Å². The van der Waals surface area contributed by atoms with Gasteiger partial charge in [0.2, 0.25) is 0 Å². The Balaban J connectivity index is 1.92. The lowest BCUT2D eigenvalue weighted by atomic mass is 10.1. The molecule has 0 aromatic heterocycles. The number of para-hydroxylation sites is 2. The number of rotatable bonds is 9. The number of hydrazone groups is 1. The first-order valence-electron chi connectivity index (χ1n) is 10.2. The summed E-state index contributed by atoms with van der Waals surface area (Å²) in [5.41, 5.74) is 4.21. The first kappa shape index (κ1) is 24.7. The lowest BCUT2D eigenvalue weighted by molar-refractivity contribution is -0.119. The summed E-state index contributed by atoms with van der Waals surface area (Å²) >= 11 is 2.20. The van der Waals surface area contributed by atoms with Crippen molar-refractivity contribution in [1.29, 1.82) is 0 Å². The van der Waals surface area contributed by atoms with Gasteiger partial charge in [0, 0.05) is 3.57 Å². The van der Waals surface area contributed by atoms with Crippen LogP contribution in [0.15, 0.2) is 88.9 Å². The predicted octanol–water partition coefficient (Wildman–Crippen LogP) is 4.43. The smallest absolute Gasteiger partial charge is 0.264 e. The highest BCUT2D eigenvalue weighted by Crippen LogP contribution is 2.32. The third-order valence-corrected chi connectivity index (χ3v) is 7.09. The quantitative estimate of drug-likeness (QED) is 0.232.